The van der Waals surface area contributed by atoms with Crippen molar-refractivity contribution in [3.05, 3.63) is 45.9 Å². The van der Waals surface area contributed by atoms with E-state index in [-0.39, 0.29) is 11.3 Å². The Morgan fingerprint density at radius 1 is 1.26 bits per heavy atom. The molecule has 23 heavy (non-hydrogen) atoms. The third-order valence-electron chi connectivity index (χ3n) is 3.48. The van der Waals surface area contributed by atoms with Gasteiger partial charge in [0, 0.05) is 12.7 Å². The average Bonchev–Trinajstić information content (AvgIpc) is 2.79. The molecule has 0 unspecified atom stereocenters. The van der Waals surface area contributed by atoms with Gasteiger partial charge in [0.05, 0.1) is 26.8 Å². The Balaban J connectivity index is 2.19. The molecule has 0 saturated heterocycles. The second-order valence-electron chi connectivity index (χ2n) is 4.92. The quantitative estimate of drug-likeness (QED) is 0.622. The zero-order chi connectivity index (χ0) is 16.7. The van der Waals surface area contributed by atoms with Crippen LogP contribution in [0, 0.1) is 0 Å². The van der Waals surface area contributed by atoms with Gasteiger partial charge in [-0.15, -0.1) is 0 Å². The Bertz CT molecular complexity index is 917. The van der Waals surface area contributed by atoms with Crippen LogP contribution in [-0.4, -0.2) is 20.6 Å². The minimum Gasteiger partial charge on any atom is -0.478 e. The number of rotatable bonds is 3. The van der Waals surface area contributed by atoms with Crippen molar-refractivity contribution < 1.29 is 9.90 Å². The van der Waals surface area contributed by atoms with Crippen LogP contribution in [0.2, 0.25) is 10.0 Å². The lowest BCUT2D eigenvalue weighted by atomic mass is 10.1. The SMILES string of the molecule is Cn1c(Nc2c(Cl)cccc2Cl)nc2ccc(N)c(C(=O)O)c21. The van der Waals surface area contributed by atoms with Crippen molar-refractivity contribution >= 4 is 57.5 Å². The lowest BCUT2D eigenvalue weighted by Gasteiger charge is -2.10. The molecule has 1 heterocycles. The van der Waals surface area contributed by atoms with Crippen molar-refractivity contribution in [1.29, 1.82) is 0 Å². The van der Waals surface area contributed by atoms with Crippen LogP contribution in [0.4, 0.5) is 17.3 Å². The summed E-state index contributed by atoms with van der Waals surface area (Å²) in [6, 6.07) is 8.30. The number of halogens is 2. The number of hydrogen-bond donors (Lipinski definition) is 3. The highest BCUT2D eigenvalue weighted by molar-refractivity contribution is 6.39. The van der Waals surface area contributed by atoms with Crippen LogP contribution < -0.4 is 11.1 Å². The fraction of sp³-hybridized carbons (Fsp3) is 0.0667. The Morgan fingerprint density at radius 3 is 2.52 bits per heavy atom. The molecule has 0 spiro atoms. The van der Waals surface area contributed by atoms with Crippen LogP contribution in [0.25, 0.3) is 11.0 Å². The van der Waals surface area contributed by atoms with Crippen molar-refractivity contribution in [2.24, 2.45) is 7.05 Å². The van der Waals surface area contributed by atoms with Crippen LogP contribution in [-0.2, 0) is 7.05 Å². The fourth-order valence-corrected chi connectivity index (χ4v) is 2.88. The number of imidazole rings is 1. The first-order valence-corrected chi connectivity index (χ1v) is 7.35. The number of fused-ring (bicyclic) bond motifs is 1. The largest absolute Gasteiger partial charge is 0.478 e. The number of carboxylic acid groups (broad SMARTS) is 1. The maximum atomic E-state index is 11.5. The number of carboxylic acids is 1. The van der Waals surface area contributed by atoms with Gasteiger partial charge in [-0.2, -0.15) is 0 Å². The molecule has 3 rings (SSSR count). The molecule has 0 aliphatic heterocycles. The monoisotopic (exact) mass is 350 g/mol. The van der Waals surface area contributed by atoms with Gasteiger partial charge < -0.3 is 20.7 Å². The fourth-order valence-electron chi connectivity index (χ4n) is 2.39. The topological polar surface area (TPSA) is 93.2 Å². The second kappa shape index (κ2) is 5.64. The summed E-state index contributed by atoms with van der Waals surface area (Å²) in [4.78, 5) is 15.9. The number of nitrogens with zero attached hydrogens (tertiary/aromatic N) is 2. The van der Waals surface area contributed by atoms with Crippen molar-refractivity contribution in [2.45, 2.75) is 0 Å². The van der Waals surface area contributed by atoms with E-state index in [1.54, 1.807) is 35.9 Å². The summed E-state index contributed by atoms with van der Waals surface area (Å²) < 4.78 is 1.61. The molecular weight excluding hydrogens is 339 g/mol. The Kier molecular flexibility index (Phi) is 3.79. The number of carbonyl (C=O) groups is 1. The molecule has 0 bridgehead atoms. The molecule has 0 aliphatic carbocycles. The van der Waals surface area contributed by atoms with Crippen molar-refractivity contribution in [3.63, 3.8) is 0 Å². The summed E-state index contributed by atoms with van der Waals surface area (Å²) in [6.45, 7) is 0. The highest BCUT2D eigenvalue weighted by Gasteiger charge is 2.19. The highest BCUT2D eigenvalue weighted by atomic mass is 35.5. The van der Waals surface area contributed by atoms with E-state index < -0.39 is 5.97 Å². The number of hydrogen-bond acceptors (Lipinski definition) is 4. The molecule has 0 fully saturated rings. The minimum atomic E-state index is -1.11. The number of aromatic nitrogens is 2. The highest BCUT2D eigenvalue weighted by Crippen LogP contribution is 2.34. The summed E-state index contributed by atoms with van der Waals surface area (Å²) in [5.41, 5.74) is 7.39. The molecule has 0 saturated carbocycles. The minimum absolute atomic E-state index is 0.0100. The first kappa shape index (κ1) is 15.5. The number of para-hydroxylation sites is 1. The summed E-state index contributed by atoms with van der Waals surface area (Å²) >= 11 is 12.3. The molecule has 0 atom stereocenters. The van der Waals surface area contributed by atoms with E-state index in [2.05, 4.69) is 10.3 Å². The number of nitrogens with two attached hydrogens (primary N) is 1. The normalized spacial score (nSPS) is 10.9. The first-order chi connectivity index (χ1) is 10.9. The summed E-state index contributed by atoms with van der Waals surface area (Å²) in [5, 5.41) is 13.3. The number of anilines is 3. The standard InChI is InChI=1S/C15H12Cl2N4O2/c1-21-13-10(6-5-9(18)11(13)14(22)23)19-15(21)20-12-7(16)3-2-4-8(12)17/h2-6H,18H2,1H3,(H,19,20)(H,22,23). The van der Waals surface area contributed by atoms with Crippen LogP contribution in [0.3, 0.4) is 0 Å². The van der Waals surface area contributed by atoms with Gasteiger partial charge in [0.25, 0.3) is 0 Å². The van der Waals surface area contributed by atoms with E-state index in [4.69, 9.17) is 28.9 Å². The van der Waals surface area contributed by atoms with Crippen LogP contribution in [0.1, 0.15) is 10.4 Å². The zero-order valence-electron chi connectivity index (χ0n) is 12.0. The van der Waals surface area contributed by atoms with E-state index >= 15 is 0 Å². The van der Waals surface area contributed by atoms with Crippen LogP contribution in [0.5, 0.6) is 0 Å². The Morgan fingerprint density at radius 2 is 1.91 bits per heavy atom. The molecule has 8 heteroatoms. The molecular formula is C15H12Cl2N4O2. The molecule has 0 aliphatic rings. The molecule has 4 N–H and O–H groups in total. The number of nitrogens with one attached hydrogen (secondary N) is 1. The van der Waals surface area contributed by atoms with Gasteiger partial charge in [-0.3, -0.25) is 0 Å². The summed E-state index contributed by atoms with van der Waals surface area (Å²) in [7, 11) is 1.69. The van der Waals surface area contributed by atoms with Gasteiger partial charge in [-0.25, -0.2) is 9.78 Å². The summed E-state index contributed by atoms with van der Waals surface area (Å²) in [6.07, 6.45) is 0. The lowest BCUT2D eigenvalue weighted by Crippen LogP contribution is -2.06. The van der Waals surface area contributed by atoms with E-state index in [1.165, 1.54) is 6.07 Å². The smallest absolute Gasteiger partial charge is 0.340 e. The first-order valence-electron chi connectivity index (χ1n) is 6.59. The summed E-state index contributed by atoms with van der Waals surface area (Å²) in [5.74, 6) is -0.707. The van der Waals surface area contributed by atoms with Crippen molar-refractivity contribution in [1.82, 2.24) is 9.55 Å². The lowest BCUT2D eigenvalue weighted by molar-refractivity contribution is 0.0699. The average molecular weight is 351 g/mol. The predicted octanol–water partition coefficient (Wildman–Crippen LogP) is 3.90. The third kappa shape index (κ3) is 2.56. The van der Waals surface area contributed by atoms with Crippen molar-refractivity contribution in [2.75, 3.05) is 11.1 Å². The van der Waals surface area contributed by atoms with Gasteiger partial charge >= 0.3 is 5.97 Å². The number of aromatic carboxylic acids is 1. The molecule has 6 nitrogen and oxygen atoms in total. The van der Waals surface area contributed by atoms with E-state index in [1.807, 2.05) is 0 Å². The predicted molar refractivity (Wildman–Crippen MR) is 91.8 cm³/mol. The van der Waals surface area contributed by atoms with Gasteiger partial charge in [-0.1, -0.05) is 29.3 Å². The molecule has 3 aromatic rings. The van der Waals surface area contributed by atoms with Gasteiger partial charge in [-0.05, 0) is 24.3 Å². The number of aryl methyl sites for hydroxylation is 1. The van der Waals surface area contributed by atoms with E-state index in [0.717, 1.165) is 0 Å². The van der Waals surface area contributed by atoms with E-state index in [0.29, 0.717) is 32.7 Å². The van der Waals surface area contributed by atoms with Gasteiger partial charge in [0.2, 0.25) is 5.95 Å². The second-order valence-corrected chi connectivity index (χ2v) is 5.73. The maximum Gasteiger partial charge on any atom is 0.340 e. The molecule has 2 aromatic carbocycles. The molecule has 1 aromatic heterocycles. The van der Waals surface area contributed by atoms with Crippen LogP contribution >= 0.6 is 23.2 Å². The Hall–Kier alpha value is -2.44. The zero-order valence-corrected chi connectivity index (χ0v) is 13.5. The van der Waals surface area contributed by atoms with E-state index in [9.17, 15) is 9.90 Å². The number of benzene rings is 2. The Labute approximate surface area is 141 Å². The van der Waals surface area contributed by atoms with Gasteiger partial charge in [0.1, 0.15) is 5.56 Å². The van der Waals surface area contributed by atoms with Crippen LogP contribution in [0.15, 0.2) is 30.3 Å². The molecule has 118 valence electrons. The van der Waals surface area contributed by atoms with Gasteiger partial charge in [0.15, 0.2) is 0 Å². The van der Waals surface area contributed by atoms with Crippen molar-refractivity contribution in [3.8, 4) is 0 Å². The maximum absolute atomic E-state index is 11.5. The molecule has 0 amide bonds. The molecule has 0 radical (unpaired) electrons. The third-order valence-corrected chi connectivity index (χ3v) is 4.11. The number of nitrogen functional groups attached to an aromatic ring is 1.